The molecule has 0 aliphatic rings. The molecule has 3 aromatic carbocycles. The number of rotatable bonds is 11. The summed E-state index contributed by atoms with van der Waals surface area (Å²) in [7, 11) is -3.74. The van der Waals surface area contributed by atoms with Gasteiger partial charge in [0.2, 0.25) is 0 Å². The zero-order valence-electron chi connectivity index (χ0n) is 20.9. The van der Waals surface area contributed by atoms with E-state index in [0.717, 1.165) is 0 Å². The number of carboxylic acid groups (broad SMARTS) is 1. The number of sulfonamides is 1. The van der Waals surface area contributed by atoms with Crippen molar-refractivity contribution in [2.45, 2.75) is 43.4 Å². The molecule has 4 aromatic rings. The van der Waals surface area contributed by atoms with Gasteiger partial charge in [-0.3, -0.25) is 4.72 Å². The summed E-state index contributed by atoms with van der Waals surface area (Å²) in [4.78, 5) is 15.9. The Hall–Kier alpha value is -3.44. The molecule has 0 saturated heterocycles. The SMILES string of the molecule is CC(C)(CCn1cnc2ccc(C(=O)O)c(Cl)c21)NCC(O)c1cccc(NS(=O)(=O)c2ccccc2)c1. The molecule has 0 radical (unpaired) electrons. The fourth-order valence-electron chi connectivity index (χ4n) is 4.06. The second-order valence-corrected chi connectivity index (χ2v) is 11.7. The maximum Gasteiger partial charge on any atom is 0.337 e. The molecule has 11 heteroatoms. The molecule has 0 aliphatic carbocycles. The van der Waals surface area contributed by atoms with Gasteiger partial charge in [0.05, 0.1) is 38.9 Å². The van der Waals surface area contributed by atoms with Gasteiger partial charge in [-0.25, -0.2) is 18.2 Å². The fraction of sp³-hybridized carbons (Fsp3) is 0.259. The van der Waals surface area contributed by atoms with E-state index < -0.39 is 27.6 Å². The molecule has 4 N–H and O–H groups in total. The standard InChI is InChI=1S/C27H29ClN4O5S/c1-27(2,13-14-32-17-29-22-12-11-21(26(34)35)24(28)25(22)32)30-16-23(33)18-7-6-8-19(15-18)31-38(36,37)20-9-4-3-5-10-20/h3-12,15,17,23,30-31,33H,13-14,16H2,1-2H3,(H,34,35). The topological polar surface area (TPSA) is 134 Å². The van der Waals surface area contributed by atoms with E-state index in [2.05, 4.69) is 15.0 Å². The van der Waals surface area contributed by atoms with Crippen LogP contribution >= 0.6 is 11.6 Å². The van der Waals surface area contributed by atoms with Gasteiger partial charge in [-0.1, -0.05) is 41.9 Å². The predicted molar refractivity (Wildman–Crippen MR) is 147 cm³/mol. The first kappa shape index (κ1) is 27.6. The molecule has 1 atom stereocenters. The third kappa shape index (κ3) is 6.33. The number of benzene rings is 3. The summed E-state index contributed by atoms with van der Waals surface area (Å²) < 4.78 is 29.6. The third-order valence-electron chi connectivity index (χ3n) is 6.28. The van der Waals surface area contributed by atoms with Gasteiger partial charge < -0.3 is 20.1 Å². The van der Waals surface area contributed by atoms with Crippen molar-refractivity contribution in [2.24, 2.45) is 0 Å². The van der Waals surface area contributed by atoms with Crippen molar-refractivity contribution < 1.29 is 23.4 Å². The van der Waals surface area contributed by atoms with Crippen molar-refractivity contribution in [3.8, 4) is 0 Å². The fourth-order valence-corrected chi connectivity index (χ4v) is 5.48. The average molecular weight is 557 g/mol. The van der Waals surface area contributed by atoms with Gasteiger partial charge in [0, 0.05) is 24.3 Å². The van der Waals surface area contributed by atoms with E-state index in [9.17, 15) is 23.4 Å². The van der Waals surface area contributed by atoms with Gasteiger partial charge in [-0.2, -0.15) is 0 Å². The van der Waals surface area contributed by atoms with Crippen LogP contribution in [0.1, 0.15) is 42.3 Å². The smallest absolute Gasteiger partial charge is 0.337 e. The second kappa shape index (κ2) is 11.1. The first-order valence-electron chi connectivity index (χ1n) is 11.9. The summed E-state index contributed by atoms with van der Waals surface area (Å²) in [6, 6.07) is 17.8. The number of halogens is 1. The number of β-amino-alcohol motifs (C(OH)–C–C–N with tert-alkyl or cyclic N) is 1. The maximum atomic E-state index is 12.6. The Morgan fingerprint density at radius 2 is 1.84 bits per heavy atom. The summed E-state index contributed by atoms with van der Waals surface area (Å²) in [5.41, 5.74) is 1.72. The highest BCUT2D eigenvalue weighted by Gasteiger charge is 2.22. The molecule has 1 heterocycles. The average Bonchev–Trinajstić information content (AvgIpc) is 3.31. The molecule has 0 amide bonds. The molecule has 0 aliphatic heterocycles. The molecule has 4 rings (SSSR count). The van der Waals surface area contributed by atoms with Crippen molar-refractivity contribution in [3.63, 3.8) is 0 Å². The molecule has 1 aromatic heterocycles. The normalized spacial score (nSPS) is 12.9. The summed E-state index contributed by atoms with van der Waals surface area (Å²) >= 11 is 6.36. The van der Waals surface area contributed by atoms with Crippen LogP contribution in [0.2, 0.25) is 5.02 Å². The van der Waals surface area contributed by atoms with Gasteiger partial charge in [-0.05, 0) is 62.2 Å². The number of aryl methyl sites for hydroxylation is 1. The lowest BCUT2D eigenvalue weighted by Crippen LogP contribution is -2.42. The first-order chi connectivity index (χ1) is 18.0. The van der Waals surface area contributed by atoms with Crippen LogP contribution in [0.3, 0.4) is 0 Å². The van der Waals surface area contributed by atoms with Gasteiger partial charge in [-0.15, -0.1) is 0 Å². The molecule has 0 bridgehead atoms. The Morgan fingerprint density at radius 1 is 1.11 bits per heavy atom. The number of aliphatic hydroxyl groups is 1. The highest BCUT2D eigenvalue weighted by atomic mass is 35.5. The van der Waals surface area contributed by atoms with Crippen molar-refractivity contribution in [2.75, 3.05) is 11.3 Å². The van der Waals surface area contributed by atoms with Crippen LogP contribution in [0.5, 0.6) is 0 Å². The summed E-state index contributed by atoms with van der Waals surface area (Å²) in [6.07, 6.45) is 1.39. The predicted octanol–water partition coefficient (Wildman–Crippen LogP) is 4.68. The Kier molecular flexibility index (Phi) is 8.08. The molecule has 38 heavy (non-hydrogen) atoms. The number of aliphatic hydroxyl groups excluding tert-OH is 1. The Labute approximate surface area is 226 Å². The van der Waals surface area contributed by atoms with Crippen molar-refractivity contribution >= 4 is 44.3 Å². The summed E-state index contributed by atoms with van der Waals surface area (Å²) in [6.45, 7) is 4.74. The zero-order chi connectivity index (χ0) is 27.5. The van der Waals surface area contributed by atoms with Gasteiger partial charge in [0.1, 0.15) is 0 Å². The maximum absolute atomic E-state index is 12.6. The van der Waals surface area contributed by atoms with Crippen molar-refractivity contribution in [3.05, 3.63) is 89.2 Å². The van der Waals surface area contributed by atoms with E-state index in [4.69, 9.17) is 11.6 Å². The van der Waals surface area contributed by atoms with Crippen LogP contribution < -0.4 is 10.0 Å². The number of nitrogens with one attached hydrogen (secondary N) is 2. The molecule has 1 unspecified atom stereocenters. The molecule has 9 nitrogen and oxygen atoms in total. The number of hydrogen-bond acceptors (Lipinski definition) is 6. The number of imidazole rings is 1. The molecular weight excluding hydrogens is 528 g/mol. The molecule has 200 valence electrons. The Morgan fingerprint density at radius 3 is 2.55 bits per heavy atom. The van der Waals surface area contributed by atoms with Crippen LogP contribution in [-0.2, 0) is 16.6 Å². The summed E-state index contributed by atoms with van der Waals surface area (Å²) in [5, 5.41) is 23.7. The van der Waals surface area contributed by atoms with E-state index >= 15 is 0 Å². The van der Waals surface area contributed by atoms with Crippen LogP contribution in [0.4, 0.5) is 5.69 Å². The van der Waals surface area contributed by atoms with Crippen LogP contribution in [0.15, 0.2) is 78.0 Å². The van der Waals surface area contributed by atoms with Crippen LogP contribution in [-0.4, -0.2) is 46.2 Å². The monoisotopic (exact) mass is 556 g/mol. The zero-order valence-corrected chi connectivity index (χ0v) is 22.5. The van der Waals surface area contributed by atoms with E-state index in [0.29, 0.717) is 35.2 Å². The van der Waals surface area contributed by atoms with E-state index in [1.54, 1.807) is 54.9 Å². The molecular formula is C27H29ClN4O5S. The molecule has 0 saturated carbocycles. The Bertz CT molecular complexity index is 1550. The number of carboxylic acids is 1. The quantitative estimate of drug-likeness (QED) is 0.211. The minimum Gasteiger partial charge on any atom is -0.478 e. The minimum atomic E-state index is -3.74. The number of aromatic nitrogens is 2. The van der Waals surface area contributed by atoms with E-state index in [1.165, 1.54) is 18.2 Å². The Balaban J connectivity index is 1.39. The number of carbonyl (C=O) groups is 1. The van der Waals surface area contributed by atoms with Crippen molar-refractivity contribution in [1.29, 1.82) is 0 Å². The van der Waals surface area contributed by atoms with Gasteiger partial charge in [0.15, 0.2) is 0 Å². The number of hydrogen-bond donors (Lipinski definition) is 4. The number of nitrogens with zero attached hydrogens (tertiary/aromatic N) is 2. The lowest BCUT2D eigenvalue weighted by molar-refractivity contribution is 0.0697. The van der Waals surface area contributed by atoms with Gasteiger partial charge in [0.25, 0.3) is 10.0 Å². The number of aromatic carboxylic acids is 1. The largest absolute Gasteiger partial charge is 0.478 e. The van der Waals surface area contributed by atoms with Gasteiger partial charge >= 0.3 is 5.97 Å². The minimum absolute atomic E-state index is 0.0229. The van der Waals surface area contributed by atoms with Crippen LogP contribution in [0.25, 0.3) is 11.0 Å². The van der Waals surface area contributed by atoms with Crippen molar-refractivity contribution in [1.82, 2.24) is 14.9 Å². The molecule has 0 fully saturated rings. The van der Waals surface area contributed by atoms with Crippen LogP contribution in [0, 0.1) is 0 Å². The highest BCUT2D eigenvalue weighted by molar-refractivity contribution is 7.92. The third-order valence-corrected chi connectivity index (χ3v) is 8.06. The van der Waals surface area contributed by atoms with E-state index in [1.807, 2.05) is 18.4 Å². The highest BCUT2D eigenvalue weighted by Crippen LogP contribution is 2.28. The second-order valence-electron chi connectivity index (χ2n) is 9.61. The number of anilines is 1. The first-order valence-corrected chi connectivity index (χ1v) is 13.8. The lowest BCUT2D eigenvalue weighted by atomic mass is 9.99. The molecule has 0 spiro atoms. The lowest BCUT2D eigenvalue weighted by Gasteiger charge is -2.28. The number of fused-ring (bicyclic) bond motifs is 1. The van der Waals surface area contributed by atoms with E-state index in [-0.39, 0.29) is 22.0 Å². The summed E-state index contributed by atoms with van der Waals surface area (Å²) in [5.74, 6) is -1.10.